The summed E-state index contributed by atoms with van der Waals surface area (Å²) in [5.74, 6) is -1.18. The van der Waals surface area contributed by atoms with Gasteiger partial charge in [-0.15, -0.1) is 0 Å². The molecule has 3 rings (SSSR count). The van der Waals surface area contributed by atoms with Gasteiger partial charge in [0.1, 0.15) is 11.6 Å². The topological polar surface area (TPSA) is 51.2 Å². The Morgan fingerprint density at radius 2 is 1.80 bits per heavy atom. The summed E-state index contributed by atoms with van der Waals surface area (Å²) in [4.78, 5) is 17.0. The zero-order chi connectivity index (χ0) is 22.5. The number of nitrogens with zero attached hydrogens (tertiary/aromatic N) is 1. The maximum absolute atomic E-state index is 13.7. The molecule has 1 amide bonds. The molecule has 160 valence electrons. The Morgan fingerprint density at radius 1 is 1.13 bits per heavy atom. The monoisotopic (exact) mass is 436 g/mol. The third-order valence-electron chi connectivity index (χ3n) is 3.92. The van der Waals surface area contributed by atoms with Crippen LogP contribution in [0.25, 0.3) is 10.4 Å². The van der Waals surface area contributed by atoms with Crippen LogP contribution in [0.1, 0.15) is 42.3 Å². The molecule has 1 aromatic heterocycles. The zero-order valence-electron chi connectivity index (χ0n) is 17.3. The largest absolute Gasteiger partial charge is 0.432 e. The lowest BCUT2D eigenvalue weighted by Gasteiger charge is -2.17. The molecule has 0 radical (unpaired) electrons. The van der Waals surface area contributed by atoms with Gasteiger partial charge in [-0.3, -0.25) is 10.1 Å². The summed E-state index contributed by atoms with van der Waals surface area (Å²) in [5, 5.41) is 2.82. The van der Waals surface area contributed by atoms with Crippen molar-refractivity contribution in [2.45, 2.75) is 40.7 Å². The van der Waals surface area contributed by atoms with E-state index in [4.69, 9.17) is 4.74 Å². The van der Waals surface area contributed by atoms with Crippen molar-refractivity contribution < 1.29 is 22.7 Å². The van der Waals surface area contributed by atoms with Gasteiger partial charge in [0.2, 0.25) is 0 Å². The molecule has 30 heavy (non-hydrogen) atoms. The molecule has 0 aliphatic carbocycles. The fourth-order valence-corrected chi connectivity index (χ4v) is 3.56. The fourth-order valence-electron chi connectivity index (χ4n) is 2.67. The smallest absolute Gasteiger partial charge is 0.394 e. The van der Waals surface area contributed by atoms with Gasteiger partial charge in [0.05, 0.1) is 10.4 Å². The summed E-state index contributed by atoms with van der Waals surface area (Å²) in [6, 6.07) is 8.89. The number of alkyl halides is 2. The second-order valence-corrected chi connectivity index (χ2v) is 7.34. The molecule has 0 aliphatic heterocycles. The molecule has 4 nitrogen and oxygen atoms in total. The number of rotatable bonds is 5. The number of benzene rings is 2. The lowest BCUT2D eigenvalue weighted by molar-refractivity contribution is -0.159. The lowest BCUT2D eigenvalue weighted by atomic mass is 10.0. The lowest BCUT2D eigenvalue weighted by Crippen LogP contribution is -2.19. The van der Waals surface area contributed by atoms with Crippen molar-refractivity contribution in [1.29, 1.82) is 0 Å². The molecule has 0 atom stereocenters. The number of thiazole rings is 1. The summed E-state index contributed by atoms with van der Waals surface area (Å²) >= 11 is 1.15. The van der Waals surface area contributed by atoms with Crippen LogP contribution in [0.3, 0.4) is 0 Å². The van der Waals surface area contributed by atoms with Crippen molar-refractivity contribution in [3.8, 4) is 16.2 Å². The van der Waals surface area contributed by atoms with E-state index in [2.05, 4.69) is 10.3 Å². The normalized spacial score (nSPS) is 10.8. The van der Waals surface area contributed by atoms with Crippen LogP contribution in [0.5, 0.6) is 5.75 Å². The van der Waals surface area contributed by atoms with Crippen LogP contribution in [0, 0.1) is 19.7 Å². The van der Waals surface area contributed by atoms with E-state index in [0.29, 0.717) is 22.9 Å². The van der Waals surface area contributed by atoms with Gasteiger partial charge in [-0.2, -0.15) is 8.78 Å². The summed E-state index contributed by atoms with van der Waals surface area (Å²) in [6.45, 7) is 8.20. The first-order valence-electron chi connectivity index (χ1n) is 9.34. The van der Waals surface area contributed by atoms with Crippen molar-refractivity contribution >= 4 is 22.4 Å². The minimum Gasteiger partial charge on any atom is -0.432 e. The van der Waals surface area contributed by atoms with Crippen LogP contribution in [0.2, 0.25) is 0 Å². The highest BCUT2D eigenvalue weighted by Crippen LogP contribution is 2.36. The van der Waals surface area contributed by atoms with Crippen LogP contribution in [0.15, 0.2) is 42.6 Å². The molecular weight excluding hydrogens is 413 g/mol. The highest BCUT2D eigenvalue weighted by molar-refractivity contribution is 7.19. The number of amides is 1. The van der Waals surface area contributed by atoms with Crippen LogP contribution in [-0.2, 0) is 0 Å². The minimum absolute atomic E-state index is 0.0680. The Kier molecular flexibility index (Phi) is 7.61. The Labute approximate surface area is 177 Å². The molecule has 2 aromatic carbocycles. The van der Waals surface area contributed by atoms with Gasteiger partial charge in [0, 0.05) is 13.1 Å². The second kappa shape index (κ2) is 9.75. The molecule has 0 saturated carbocycles. The highest BCUT2D eigenvalue weighted by atomic mass is 32.1. The average Bonchev–Trinajstić information content (AvgIpc) is 3.13. The number of hydrogen-bond donors (Lipinski definition) is 1. The Morgan fingerprint density at radius 3 is 2.43 bits per heavy atom. The predicted molar refractivity (Wildman–Crippen MR) is 114 cm³/mol. The molecule has 3 aromatic rings. The Bertz CT molecular complexity index is 1030. The third kappa shape index (κ3) is 5.82. The third-order valence-corrected chi connectivity index (χ3v) is 4.87. The van der Waals surface area contributed by atoms with Gasteiger partial charge in [-0.25, -0.2) is 9.37 Å². The van der Waals surface area contributed by atoms with Crippen molar-refractivity contribution in [2.75, 3.05) is 5.32 Å². The number of carbonyl (C=O) groups is 1. The Hall–Kier alpha value is -2.87. The zero-order valence-corrected chi connectivity index (χ0v) is 18.2. The van der Waals surface area contributed by atoms with Gasteiger partial charge in [-0.1, -0.05) is 43.4 Å². The molecule has 0 saturated heterocycles. The number of anilines is 1. The second-order valence-electron chi connectivity index (χ2n) is 6.31. The quantitative estimate of drug-likeness (QED) is 0.477. The van der Waals surface area contributed by atoms with E-state index in [1.54, 1.807) is 19.1 Å². The predicted octanol–water partition coefficient (Wildman–Crippen LogP) is 6.84. The number of hydrogen-bond acceptors (Lipinski definition) is 4. The summed E-state index contributed by atoms with van der Waals surface area (Å²) in [6.07, 6.45) is -1.78. The number of halogens is 3. The summed E-state index contributed by atoms with van der Waals surface area (Å²) in [7, 11) is 0. The number of ether oxygens (including phenoxy) is 1. The van der Waals surface area contributed by atoms with Crippen molar-refractivity contribution in [1.82, 2.24) is 4.98 Å². The molecule has 0 fully saturated rings. The molecule has 1 N–H and O–H groups in total. The number of aromatic nitrogens is 1. The van der Waals surface area contributed by atoms with E-state index in [9.17, 15) is 18.0 Å². The van der Waals surface area contributed by atoms with Crippen molar-refractivity contribution in [2.24, 2.45) is 0 Å². The summed E-state index contributed by atoms with van der Waals surface area (Å²) < 4.78 is 45.0. The van der Waals surface area contributed by atoms with Gasteiger partial charge in [-0.05, 0) is 48.7 Å². The van der Waals surface area contributed by atoms with E-state index in [-0.39, 0.29) is 16.4 Å². The van der Waals surface area contributed by atoms with E-state index < -0.39 is 17.8 Å². The van der Waals surface area contributed by atoms with Gasteiger partial charge in [0.25, 0.3) is 5.91 Å². The van der Waals surface area contributed by atoms with Gasteiger partial charge >= 0.3 is 6.11 Å². The number of carbonyl (C=O) groups excluding carboxylic acids is 1. The maximum atomic E-state index is 13.7. The van der Waals surface area contributed by atoms with Gasteiger partial charge < -0.3 is 4.74 Å². The molecular formula is C22H23F3N2O2S. The standard InChI is InChI=1S/C20H17F3N2O2S.C2H6/c1-11-8-12(2)16(27-20(3,22)23)9-14(11)17-10-24-19(28-17)25-18(26)13-6-4-5-7-15(13)21;1-2/h4-10H,1-3H3,(H,24,25,26);1-2H3. The summed E-state index contributed by atoms with van der Waals surface area (Å²) in [5.41, 5.74) is 2.00. The first kappa shape index (κ1) is 23.4. The number of aryl methyl sites for hydroxylation is 2. The van der Waals surface area contributed by atoms with Crippen LogP contribution >= 0.6 is 11.3 Å². The highest BCUT2D eigenvalue weighted by Gasteiger charge is 2.25. The van der Waals surface area contributed by atoms with E-state index in [1.807, 2.05) is 20.8 Å². The van der Waals surface area contributed by atoms with Gasteiger partial charge in [0.15, 0.2) is 5.13 Å². The minimum atomic E-state index is -3.30. The fraction of sp³-hybridized carbons (Fsp3) is 0.273. The molecule has 0 unspecified atom stereocenters. The molecule has 0 spiro atoms. The number of nitrogens with one attached hydrogen (secondary N) is 1. The first-order valence-corrected chi connectivity index (χ1v) is 10.2. The molecule has 1 heterocycles. The Balaban J connectivity index is 0.00000155. The molecule has 0 aliphatic rings. The van der Waals surface area contributed by atoms with E-state index in [0.717, 1.165) is 16.9 Å². The molecule has 0 bridgehead atoms. The SMILES string of the molecule is CC.Cc1cc(C)c(-c2cnc(NC(=O)c3ccccc3F)s2)cc1OC(C)(F)F. The van der Waals surface area contributed by atoms with Crippen LogP contribution < -0.4 is 10.1 Å². The van der Waals surface area contributed by atoms with Crippen LogP contribution in [-0.4, -0.2) is 17.0 Å². The first-order chi connectivity index (χ1) is 14.1. The average molecular weight is 436 g/mol. The van der Waals surface area contributed by atoms with Crippen molar-refractivity contribution in [3.05, 3.63) is 65.1 Å². The van der Waals surface area contributed by atoms with Crippen molar-refractivity contribution in [3.63, 3.8) is 0 Å². The van der Waals surface area contributed by atoms with E-state index >= 15 is 0 Å². The van der Waals surface area contributed by atoms with Crippen LogP contribution in [0.4, 0.5) is 18.3 Å². The molecule has 8 heteroatoms. The van der Waals surface area contributed by atoms with E-state index in [1.165, 1.54) is 30.5 Å². The maximum Gasteiger partial charge on any atom is 0.394 e.